The van der Waals surface area contributed by atoms with E-state index in [1.54, 1.807) is 11.0 Å². The molecule has 0 radical (unpaired) electrons. The maximum absolute atomic E-state index is 13.4. The Morgan fingerprint density at radius 3 is 2.80 bits per heavy atom. The number of hydrogen-bond acceptors (Lipinski definition) is 6. The Labute approximate surface area is 176 Å². The van der Waals surface area contributed by atoms with Gasteiger partial charge < -0.3 is 25.1 Å². The number of likely N-dealkylation sites (N-methyl/N-ethyl adjacent to an activating group) is 1. The minimum atomic E-state index is -1.22. The zero-order valence-electron chi connectivity index (χ0n) is 17.6. The molecule has 3 N–H and O–H groups in total. The predicted molar refractivity (Wildman–Crippen MR) is 109 cm³/mol. The van der Waals surface area contributed by atoms with E-state index in [4.69, 9.17) is 4.84 Å². The fraction of sp³-hybridized carbons (Fsp3) is 0.619. The summed E-state index contributed by atoms with van der Waals surface area (Å²) in [5.41, 5.74) is 4.05. The van der Waals surface area contributed by atoms with Gasteiger partial charge in [0.05, 0.1) is 12.6 Å². The van der Waals surface area contributed by atoms with Crippen LogP contribution < -0.4 is 15.6 Å². The quantitative estimate of drug-likeness (QED) is 0.574. The molecule has 8 nitrogen and oxygen atoms in total. The lowest BCUT2D eigenvalue weighted by molar-refractivity contribution is -0.140. The largest absolute Gasteiger partial charge is 0.408 e. The molecule has 166 valence electrons. The second-order valence-electron chi connectivity index (χ2n) is 7.93. The smallest absolute Gasteiger partial charge is 0.253 e. The zero-order chi connectivity index (χ0) is 21.7. The topological polar surface area (TPSA) is 94.1 Å². The van der Waals surface area contributed by atoms with Crippen molar-refractivity contribution in [3.8, 4) is 5.75 Å². The van der Waals surface area contributed by atoms with Gasteiger partial charge in [0.1, 0.15) is 11.9 Å². The summed E-state index contributed by atoms with van der Waals surface area (Å²) in [4.78, 5) is 32.7. The highest BCUT2D eigenvalue weighted by molar-refractivity contribution is 5.82. The van der Waals surface area contributed by atoms with Crippen molar-refractivity contribution in [2.24, 2.45) is 5.92 Å². The van der Waals surface area contributed by atoms with Gasteiger partial charge in [-0.1, -0.05) is 6.07 Å². The summed E-state index contributed by atoms with van der Waals surface area (Å²) in [6.07, 6.45) is 0.726. The molecule has 2 atom stereocenters. The number of benzene rings is 1. The Kier molecular flexibility index (Phi) is 7.63. The van der Waals surface area contributed by atoms with Crippen molar-refractivity contribution in [2.75, 3.05) is 39.3 Å². The summed E-state index contributed by atoms with van der Waals surface area (Å²) >= 11 is 0. The van der Waals surface area contributed by atoms with Crippen molar-refractivity contribution in [1.29, 1.82) is 0 Å². The summed E-state index contributed by atoms with van der Waals surface area (Å²) in [5.74, 6) is 0.0249. The van der Waals surface area contributed by atoms with Crippen LogP contribution in [0.2, 0.25) is 0 Å². The molecule has 9 heteroatoms. The van der Waals surface area contributed by atoms with Crippen LogP contribution in [0.25, 0.3) is 0 Å². The minimum absolute atomic E-state index is 0.0698. The van der Waals surface area contributed by atoms with Gasteiger partial charge in [-0.25, -0.2) is 4.39 Å². The molecule has 1 fully saturated rings. The second-order valence-corrected chi connectivity index (χ2v) is 7.93. The Balaban J connectivity index is 1.44. The normalized spacial score (nSPS) is 20.3. The Bertz CT molecular complexity index is 755. The van der Waals surface area contributed by atoms with E-state index in [1.165, 1.54) is 19.1 Å². The molecule has 30 heavy (non-hydrogen) atoms. The van der Waals surface area contributed by atoms with Gasteiger partial charge in [0.25, 0.3) is 5.91 Å². The molecule has 1 aromatic rings. The van der Waals surface area contributed by atoms with E-state index in [9.17, 15) is 19.1 Å². The van der Waals surface area contributed by atoms with Crippen LogP contribution >= 0.6 is 0 Å². The number of likely N-dealkylation sites (tertiary alicyclic amines) is 1. The van der Waals surface area contributed by atoms with Crippen molar-refractivity contribution in [3.05, 3.63) is 29.6 Å². The van der Waals surface area contributed by atoms with Crippen LogP contribution in [-0.4, -0.2) is 72.1 Å². The number of carbonyl (C=O) groups is 2. The standard InChI is InChI=1S/C21H31FN4O4/c1-3-26(21(29)18(28)13-23-14(2)27)11-10-25-8-6-15(7-9-25)20-17-5-4-16(22)12-19(17)30-24-20/h4-5,12,15,18,20,24,28H,3,6-11,13H2,1-2H3,(H,23,27). The number of nitrogens with one attached hydrogen (secondary N) is 2. The van der Waals surface area contributed by atoms with Crippen LogP contribution in [0.3, 0.4) is 0 Å². The van der Waals surface area contributed by atoms with E-state index in [0.717, 1.165) is 38.0 Å². The number of piperidine rings is 1. The van der Waals surface area contributed by atoms with Gasteiger partial charge >= 0.3 is 0 Å². The summed E-state index contributed by atoms with van der Waals surface area (Å²) in [7, 11) is 0. The number of nitrogens with zero attached hydrogens (tertiary/aromatic N) is 2. The van der Waals surface area contributed by atoms with Crippen molar-refractivity contribution >= 4 is 11.8 Å². The first-order valence-electron chi connectivity index (χ1n) is 10.5. The second kappa shape index (κ2) is 10.2. The number of hydroxylamine groups is 1. The molecule has 0 bridgehead atoms. The molecule has 1 aromatic carbocycles. The van der Waals surface area contributed by atoms with E-state index < -0.39 is 6.10 Å². The molecule has 2 unspecified atom stereocenters. The molecule has 2 heterocycles. The SMILES string of the molecule is CCN(CCN1CCC(C2NOc3cc(F)ccc32)CC1)C(=O)C(O)CNC(C)=O. The molecule has 3 rings (SSSR count). The summed E-state index contributed by atoms with van der Waals surface area (Å²) < 4.78 is 13.4. The maximum atomic E-state index is 13.4. The lowest BCUT2D eigenvalue weighted by atomic mass is 9.86. The van der Waals surface area contributed by atoms with Crippen LogP contribution in [0.4, 0.5) is 4.39 Å². The van der Waals surface area contributed by atoms with Crippen LogP contribution in [0, 0.1) is 11.7 Å². The highest BCUT2D eigenvalue weighted by Gasteiger charge is 2.34. The van der Waals surface area contributed by atoms with Crippen molar-refractivity contribution in [3.63, 3.8) is 0 Å². The molecule has 0 aromatic heterocycles. The van der Waals surface area contributed by atoms with E-state index >= 15 is 0 Å². The average molecular weight is 423 g/mol. The number of halogens is 1. The predicted octanol–water partition coefficient (Wildman–Crippen LogP) is 0.821. The third kappa shape index (κ3) is 5.47. The van der Waals surface area contributed by atoms with Crippen LogP contribution in [-0.2, 0) is 9.59 Å². The Morgan fingerprint density at radius 2 is 2.13 bits per heavy atom. The molecular weight excluding hydrogens is 391 g/mol. The fourth-order valence-electron chi connectivity index (χ4n) is 4.13. The third-order valence-electron chi connectivity index (χ3n) is 5.92. The van der Waals surface area contributed by atoms with Gasteiger partial charge in [-0.2, -0.15) is 0 Å². The van der Waals surface area contributed by atoms with Crippen LogP contribution in [0.15, 0.2) is 18.2 Å². The molecule has 0 spiro atoms. The molecule has 0 aliphatic carbocycles. The number of aliphatic hydroxyl groups excluding tert-OH is 1. The average Bonchev–Trinajstić information content (AvgIpc) is 3.15. The van der Waals surface area contributed by atoms with Crippen molar-refractivity contribution in [2.45, 2.75) is 38.8 Å². The van der Waals surface area contributed by atoms with Gasteiger partial charge in [0, 0.05) is 38.2 Å². The first-order valence-corrected chi connectivity index (χ1v) is 10.5. The molecular formula is C21H31FN4O4. The molecule has 0 saturated carbocycles. The summed E-state index contributed by atoms with van der Waals surface area (Å²) in [5, 5.41) is 12.5. The van der Waals surface area contributed by atoms with E-state index in [-0.39, 0.29) is 30.2 Å². The lowest BCUT2D eigenvalue weighted by Gasteiger charge is -2.35. The van der Waals surface area contributed by atoms with Crippen LogP contribution in [0.5, 0.6) is 5.75 Å². The molecule has 2 amide bonds. The first kappa shape index (κ1) is 22.5. The molecule has 2 aliphatic heterocycles. The van der Waals surface area contributed by atoms with Gasteiger partial charge in [-0.3, -0.25) is 9.59 Å². The monoisotopic (exact) mass is 422 g/mol. The number of amides is 2. The van der Waals surface area contributed by atoms with Gasteiger partial charge in [-0.15, -0.1) is 5.48 Å². The summed E-state index contributed by atoms with van der Waals surface area (Å²) in [6.45, 7) is 6.73. The van der Waals surface area contributed by atoms with E-state index in [2.05, 4.69) is 15.7 Å². The Morgan fingerprint density at radius 1 is 1.40 bits per heavy atom. The number of hydrogen-bond donors (Lipinski definition) is 3. The number of carbonyl (C=O) groups excluding carboxylic acids is 2. The van der Waals surface area contributed by atoms with Gasteiger partial charge in [0.2, 0.25) is 5.91 Å². The Hall–Kier alpha value is -2.23. The summed E-state index contributed by atoms with van der Waals surface area (Å²) in [6, 6.07) is 4.74. The lowest BCUT2D eigenvalue weighted by Crippen LogP contribution is -2.48. The molecule has 2 aliphatic rings. The highest BCUT2D eigenvalue weighted by Crippen LogP contribution is 2.39. The minimum Gasteiger partial charge on any atom is -0.408 e. The van der Waals surface area contributed by atoms with Crippen molar-refractivity contribution in [1.82, 2.24) is 20.6 Å². The van der Waals surface area contributed by atoms with E-state index in [0.29, 0.717) is 24.8 Å². The number of fused-ring (bicyclic) bond motifs is 1. The maximum Gasteiger partial charge on any atom is 0.253 e. The first-order chi connectivity index (χ1) is 14.4. The van der Waals surface area contributed by atoms with Gasteiger partial charge in [0.15, 0.2) is 5.75 Å². The van der Waals surface area contributed by atoms with E-state index in [1.807, 2.05) is 6.92 Å². The van der Waals surface area contributed by atoms with Crippen molar-refractivity contribution < 1.29 is 23.9 Å². The molecule has 1 saturated heterocycles. The third-order valence-corrected chi connectivity index (χ3v) is 5.92. The number of aliphatic hydroxyl groups is 1. The van der Waals surface area contributed by atoms with Gasteiger partial charge in [-0.05, 0) is 44.8 Å². The highest BCUT2D eigenvalue weighted by atomic mass is 19.1. The number of rotatable bonds is 8. The van der Waals surface area contributed by atoms with Crippen LogP contribution in [0.1, 0.15) is 38.3 Å². The fourth-order valence-corrected chi connectivity index (χ4v) is 4.13. The zero-order valence-corrected chi connectivity index (χ0v) is 17.6.